The molecule has 0 aromatic carbocycles. The standard InChI is InChI=1S/C22H38N4O5S/c27-21(25-7-2-1-3-8-25)16-23-9-11-24(12-10-23)17-22(28)26(15-20-5-4-13-31-20)19-6-14-32(29,30)18-19/h19-20H,1-18H2. The number of nitrogens with zero attached hydrogens (tertiary/aromatic N) is 4. The Morgan fingerprint density at radius 1 is 0.875 bits per heavy atom. The first-order valence-electron chi connectivity index (χ1n) is 12.2. The Kier molecular flexibility index (Phi) is 8.07. The number of piperidine rings is 1. The molecule has 182 valence electrons. The van der Waals surface area contributed by atoms with Crippen molar-refractivity contribution in [3.8, 4) is 0 Å². The molecular weight excluding hydrogens is 432 g/mol. The Bertz CT molecular complexity index is 756. The van der Waals surface area contributed by atoms with Gasteiger partial charge < -0.3 is 14.5 Å². The van der Waals surface area contributed by atoms with Crippen LogP contribution < -0.4 is 0 Å². The van der Waals surface area contributed by atoms with Crippen LogP contribution in [-0.2, 0) is 24.2 Å². The maximum atomic E-state index is 13.2. The maximum Gasteiger partial charge on any atom is 0.237 e. The zero-order chi connectivity index (χ0) is 22.6. The fourth-order valence-electron chi connectivity index (χ4n) is 5.31. The maximum absolute atomic E-state index is 13.2. The van der Waals surface area contributed by atoms with Gasteiger partial charge in [0.25, 0.3) is 0 Å². The molecule has 0 saturated carbocycles. The molecule has 2 amide bonds. The summed E-state index contributed by atoms with van der Waals surface area (Å²) in [5.41, 5.74) is 0. The molecule has 2 unspecified atom stereocenters. The van der Waals surface area contributed by atoms with Gasteiger partial charge in [-0.05, 0) is 38.5 Å². The fourth-order valence-corrected chi connectivity index (χ4v) is 7.04. The number of rotatable bonds is 7. The zero-order valence-electron chi connectivity index (χ0n) is 19.1. The molecule has 0 aromatic heterocycles. The number of hydrogen-bond acceptors (Lipinski definition) is 7. The second-order valence-electron chi connectivity index (χ2n) is 9.73. The lowest BCUT2D eigenvalue weighted by Gasteiger charge is -2.37. The molecule has 0 N–H and O–H groups in total. The average molecular weight is 471 g/mol. The third kappa shape index (κ3) is 6.42. The van der Waals surface area contributed by atoms with Gasteiger partial charge in [0.2, 0.25) is 11.8 Å². The highest BCUT2D eigenvalue weighted by molar-refractivity contribution is 7.91. The van der Waals surface area contributed by atoms with Crippen molar-refractivity contribution in [1.82, 2.24) is 19.6 Å². The number of amides is 2. The summed E-state index contributed by atoms with van der Waals surface area (Å²) in [4.78, 5) is 33.8. The van der Waals surface area contributed by atoms with Crippen molar-refractivity contribution in [2.45, 2.75) is 50.7 Å². The van der Waals surface area contributed by atoms with Crippen molar-refractivity contribution in [2.75, 3.05) is 77.0 Å². The first-order chi connectivity index (χ1) is 15.4. The summed E-state index contributed by atoms with van der Waals surface area (Å²) in [6, 6.07) is -0.236. The molecule has 32 heavy (non-hydrogen) atoms. The van der Waals surface area contributed by atoms with Crippen LogP contribution in [-0.4, -0.2) is 129 Å². The van der Waals surface area contributed by atoms with E-state index in [9.17, 15) is 18.0 Å². The van der Waals surface area contributed by atoms with E-state index in [1.54, 1.807) is 4.90 Å². The van der Waals surface area contributed by atoms with Gasteiger partial charge in [-0.15, -0.1) is 0 Å². The highest BCUT2D eigenvalue weighted by Gasteiger charge is 2.37. The Labute approximate surface area is 191 Å². The summed E-state index contributed by atoms with van der Waals surface area (Å²) in [6.07, 6.45) is 5.87. The van der Waals surface area contributed by atoms with Crippen molar-refractivity contribution in [3.63, 3.8) is 0 Å². The van der Waals surface area contributed by atoms with E-state index >= 15 is 0 Å². The number of carbonyl (C=O) groups excluding carboxylic acids is 2. The molecule has 4 aliphatic rings. The minimum absolute atomic E-state index is 0.000410. The Morgan fingerprint density at radius 3 is 2.16 bits per heavy atom. The highest BCUT2D eigenvalue weighted by Crippen LogP contribution is 2.22. The summed E-state index contributed by atoms with van der Waals surface area (Å²) < 4.78 is 29.8. The van der Waals surface area contributed by atoms with Gasteiger partial charge in [0.15, 0.2) is 9.84 Å². The van der Waals surface area contributed by atoms with Gasteiger partial charge >= 0.3 is 0 Å². The number of likely N-dealkylation sites (tertiary alicyclic amines) is 1. The molecule has 9 nitrogen and oxygen atoms in total. The van der Waals surface area contributed by atoms with Crippen molar-refractivity contribution in [1.29, 1.82) is 0 Å². The van der Waals surface area contributed by atoms with E-state index in [1.165, 1.54) is 6.42 Å². The van der Waals surface area contributed by atoms with E-state index in [0.717, 1.165) is 65.0 Å². The van der Waals surface area contributed by atoms with Crippen LogP contribution in [0.2, 0.25) is 0 Å². The van der Waals surface area contributed by atoms with E-state index in [4.69, 9.17) is 4.74 Å². The van der Waals surface area contributed by atoms with Crippen LogP contribution in [0.5, 0.6) is 0 Å². The van der Waals surface area contributed by atoms with Crippen LogP contribution in [0.1, 0.15) is 38.5 Å². The SMILES string of the molecule is O=C(CN1CCN(CC(=O)N(CC2CCCO2)C2CCS(=O)(=O)C2)CC1)N1CCCCC1. The lowest BCUT2D eigenvalue weighted by atomic mass is 10.1. The van der Waals surface area contributed by atoms with Gasteiger partial charge in [-0.1, -0.05) is 0 Å². The van der Waals surface area contributed by atoms with E-state index in [-0.39, 0.29) is 35.5 Å². The van der Waals surface area contributed by atoms with Crippen molar-refractivity contribution in [2.24, 2.45) is 0 Å². The number of piperazine rings is 1. The van der Waals surface area contributed by atoms with Crippen LogP contribution in [0.15, 0.2) is 0 Å². The van der Waals surface area contributed by atoms with E-state index < -0.39 is 9.84 Å². The third-order valence-electron chi connectivity index (χ3n) is 7.29. The summed E-state index contributed by atoms with van der Waals surface area (Å²) in [6.45, 7) is 6.77. The van der Waals surface area contributed by atoms with Gasteiger partial charge in [0.1, 0.15) is 0 Å². The predicted molar refractivity (Wildman–Crippen MR) is 121 cm³/mol. The molecule has 0 bridgehead atoms. The molecule has 4 fully saturated rings. The van der Waals surface area contributed by atoms with Crippen molar-refractivity contribution >= 4 is 21.7 Å². The zero-order valence-corrected chi connectivity index (χ0v) is 19.9. The molecule has 0 aromatic rings. The Hall–Kier alpha value is -1.23. The van der Waals surface area contributed by atoms with Crippen LogP contribution in [0.25, 0.3) is 0 Å². The van der Waals surface area contributed by atoms with E-state index in [1.807, 2.05) is 4.90 Å². The predicted octanol–water partition coefficient (Wildman–Crippen LogP) is -0.189. The molecule has 0 spiro atoms. The average Bonchev–Trinajstić information content (AvgIpc) is 3.43. The van der Waals surface area contributed by atoms with Gasteiger partial charge in [-0.2, -0.15) is 0 Å². The summed E-state index contributed by atoms with van der Waals surface area (Å²) >= 11 is 0. The number of ether oxygens (including phenoxy) is 1. The quantitative estimate of drug-likeness (QED) is 0.509. The molecule has 10 heteroatoms. The molecule has 4 aliphatic heterocycles. The van der Waals surface area contributed by atoms with Crippen LogP contribution in [0.4, 0.5) is 0 Å². The lowest BCUT2D eigenvalue weighted by Crippen LogP contribution is -2.54. The van der Waals surface area contributed by atoms with Crippen LogP contribution in [0.3, 0.4) is 0 Å². The molecule has 2 atom stereocenters. The van der Waals surface area contributed by atoms with Gasteiger partial charge in [-0.3, -0.25) is 19.4 Å². The molecule has 4 heterocycles. The largest absolute Gasteiger partial charge is 0.376 e. The van der Waals surface area contributed by atoms with Crippen LogP contribution in [0, 0.1) is 0 Å². The minimum atomic E-state index is -3.06. The van der Waals surface area contributed by atoms with E-state index in [0.29, 0.717) is 32.7 Å². The van der Waals surface area contributed by atoms with E-state index in [2.05, 4.69) is 9.80 Å². The monoisotopic (exact) mass is 470 g/mol. The fraction of sp³-hybridized carbons (Fsp3) is 0.909. The van der Waals surface area contributed by atoms with Gasteiger partial charge in [0, 0.05) is 58.5 Å². The normalized spacial score (nSPS) is 29.3. The minimum Gasteiger partial charge on any atom is -0.376 e. The number of sulfone groups is 1. The highest BCUT2D eigenvalue weighted by atomic mass is 32.2. The number of hydrogen-bond donors (Lipinski definition) is 0. The Morgan fingerprint density at radius 2 is 1.56 bits per heavy atom. The summed E-state index contributed by atoms with van der Waals surface area (Å²) in [5.74, 6) is 0.453. The molecule has 0 aliphatic carbocycles. The van der Waals surface area contributed by atoms with Crippen molar-refractivity contribution < 1.29 is 22.7 Å². The first-order valence-corrected chi connectivity index (χ1v) is 14.1. The van der Waals surface area contributed by atoms with Crippen molar-refractivity contribution in [3.05, 3.63) is 0 Å². The van der Waals surface area contributed by atoms with Gasteiger partial charge in [0.05, 0.1) is 30.7 Å². The second-order valence-corrected chi connectivity index (χ2v) is 12.0. The molecule has 4 saturated heterocycles. The Balaban J connectivity index is 1.26. The van der Waals surface area contributed by atoms with Crippen LogP contribution >= 0.6 is 0 Å². The number of carbonyl (C=O) groups is 2. The molecular formula is C22H38N4O5S. The molecule has 0 radical (unpaired) electrons. The first kappa shape index (κ1) is 23.9. The smallest absolute Gasteiger partial charge is 0.237 e. The third-order valence-corrected chi connectivity index (χ3v) is 9.04. The summed E-state index contributed by atoms with van der Waals surface area (Å²) in [7, 11) is -3.06. The second kappa shape index (κ2) is 10.8. The lowest BCUT2D eigenvalue weighted by molar-refractivity contribution is -0.137. The molecule has 4 rings (SSSR count). The summed E-state index contributed by atoms with van der Waals surface area (Å²) in [5, 5.41) is 0. The topological polar surface area (TPSA) is 90.5 Å². The van der Waals surface area contributed by atoms with Gasteiger partial charge in [-0.25, -0.2) is 8.42 Å².